The molecule has 2 N–H and O–H groups in total. The Hall–Kier alpha value is -2.08. The number of aliphatic carboxylic acids is 1. The third-order valence-corrected chi connectivity index (χ3v) is 3.35. The lowest BCUT2D eigenvalue weighted by Gasteiger charge is -2.20. The first kappa shape index (κ1) is 14.3. The lowest BCUT2D eigenvalue weighted by Crippen LogP contribution is -2.43. The van der Waals surface area contributed by atoms with Gasteiger partial charge in [-0.2, -0.15) is 0 Å². The molecule has 1 aromatic rings. The van der Waals surface area contributed by atoms with E-state index in [9.17, 15) is 9.59 Å². The number of benzene rings is 1. The quantitative estimate of drug-likeness (QED) is 0.849. The number of carboxylic acids is 1. The van der Waals surface area contributed by atoms with E-state index in [1.807, 2.05) is 24.3 Å². The van der Waals surface area contributed by atoms with Crippen molar-refractivity contribution in [2.45, 2.75) is 18.9 Å². The predicted molar refractivity (Wildman–Crippen MR) is 73.9 cm³/mol. The van der Waals surface area contributed by atoms with Crippen LogP contribution < -0.4 is 10.2 Å². The molecule has 1 atom stereocenters. The molecular formula is C14H18N2O4. The summed E-state index contributed by atoms with van der Waals surface area (Å²) < 4.78 is 5.03. The van der Waals surface area contributed by atoms with Crippen molar-refractivity contribution >= 4 is 17.7 Å². The van der Waals surface area contributed by atoms with Gasteiger partial charge < -0.3 is 15.2 Å². The summed E-state index contributed by atoms with van der Waals surface area (Å²) >= 11 is 0. The molecule has 0 fully saturated rings. The zero-order valence-corrected chi connectivity index (χ0v) is 11.3. The molecule has 2 rings (SSSR count). The highest BCUT2D eigenvalue weighted by atomic mass is 16.5. The second kappa shape index (κ2) is 6.38. The van der Waals surface area contributed by atoms with Crippen LogP contribution in [0.3, 0.4) is 0 Å². The third kappa shape index (κ3) is 3.27. The number of anilines is 1. The van der Waals surface area contributed by atoms with E-state index in [0.29, 0.717) is 6.54 Å². The molecule has 6 nitrogen and oxygen atoms in total. The van der Waals surface area contributed by atoms with Crippen LogP contribution >= 0.6 is 0 Å². The van der Waals surface area contributed by atoms with E-state index >= 15 is 0 Å². The molecule has 0 saturated heterocycles. The van der Waals surface area contributed by atoms with Crippen LogP contribution in [0.2, 0.25) is 0 Å². The van der Waals surface area contributed by atoms with Crippen LogP contribution in [-0.4, -0.2) is 43.4 Å². The van der Waals surface area contributed by atoms with Gasteiger partial charge in [0.1, 0.15) is 0 Å². The summed E-state index contributed by atoms with van der Waals surface area (Å²) in [6, 6.07) is 7.54. The molecule has 0 spiro atoms. The third-order valence-electron chi connectivity index (χ3n) is 3.35. The van der Waals surface area contributed by atoms with Gasteiger partial charge in [-0.15, -0.1) is 0 Å². The average molecular weight is 278 g/mol. The number of methoxy groups -OCH3 is 1. The summed E-state index contributed by atoms with van der Waals surface area (Å²) in [5.41, 5.74) is 2.06. The Kier molecular flexibility index (Phi) is 4.57. The Morgan fingerprint density at radius 3 is 2.90 bits per heavy atom. The molecule has 0 aliphatic carbocycles. The van der Waals surface area contributed by atoms with Gasteiger partial charge >= 0.3 is 12.0 Å². The van der Waals surface area contributed by atoms with Crippen LogP contribution in [0.15, 0.2) is 24.3 Å². The monoisotopic (exact) mass is 278 g/mol. The smallest absolute Gasteiger partial charge is 0.321 e. The van der Waals surface area contributed by atoms with Crippen molar-refractivity contribution in [1.82, 2.24) is 5.32 Å². The summed E-state index contributed by atoms with van der Waals surface area (Å²) in [5.74, 6) is -0.947. The highest BCUT2D eigenvalue weighted by Gasteiger charge is 2.24. The fourth-order valence-corrected chi connectivity index (χ4v) is 2.28. The maximum Gasteiger partial charge on any atom is 0.321 e. The van der Waals surface area contributed by atoms with Gasteiger partial charge in [-0.3, -0.25) is 9.69 Å². The average Bonchev–Trinajstić information content (AvgIpc) is 2.86. The van der Waals surface area contributed by atoms with E-state index in [2.05, 4.69) is 5.32 Å². The number of carbonyl (C=O) groups excluding carboxylic acids is 1. The van der Waals surface area contributed by atoms with E-state index in [0.717, 1.165) is 17.7 Å². The van der Waals surface area contributed by atoms with Gasteiger partial charge in [0.2, 0.25) is 0 Å². The molecule has 1 heterocycles. The fraction of sp³-hybridized carbons (Fsp3) is 0.429. The number of nitrogens with one attached hydrogen (secondary N) is 1. The molecule has 1 aromatic carbocycles. The van der Waals surface area contributed by atoms with Crippen molar-refractivity contribution in [2.75, 3.05) is 25.1 Å². The molecule has 6 heteroatoms. The minimum Gasteiger partial charge on any atom is -0.481 e. The van der Waals surface area contributed by atoms with Crippen LogP contribution in [0.5, 0.6) is 0 Å². The molecule has 1 aliphatic heterocycles. The summed E-state index contributed by atoms with van der Waals surface area (Å²) in [4.78, 5) is 24.4. The molecule has 108 valence electrons. The van der Waals surface area contributed by atoms with E-state index in [1.54, 1.807) is 4.90 Å². The Morgan fingerprint density at radius 2 is 2.20 bits per heavy atom. The van der Waals surface area contributed by atoms with Crippen molar-refractivity contribution in [3.05, 3.63) is 29.8 Å². The molecule has 0 aromatic heterocycles. The second-order valence-corrected chi connectivity index (χ2v) is 4.67. The number of ether oxygens (including phenoxy) is 1. The molecule has 1 aliphatic rings. The van der Waals surface area contributed by atoms with Crippen LogP contribution in [0.1, 0.15) is 12.0 Å². The van der Waals surface area contributed by atoms with Crippen LogP contribution in [0.4, 0.5) is 10.5 Å². The van der Waals surface area contributed by atoms with Crippen LogP contribution in [0, 0.1) is 0 Å². The van der Waals surface area contributed by atoms with E-state index in [4.69, 9.17) is 9.84 Å². The maximum atomic E-state index is 12.1. The lowest BCUT2D eigenvalue weighted by molar-refractivity contribution is -0.139. The zero-order valence-electron chi connectivity index (χ0n) is 11.3. The van der Waals surface area contributed by atoms with E-state index in [1.165, 1.54) is 7.11 Å². The first-order valence-corrected chi connectivity index (χ1v) is 6.49. The molecule has 20 heavy (non-hydrogen) atoms. The second-order valence-electron chi connectivity index (χ2n) is 4.67. The number of hydrogen-bond acceptors (Lipinski definition) is 3. The van der Waals surface area contributed by atoms with Crippen molar-refractivity contribution in [3.8, 4) is 0 Å². The Labute approximate surface area is 117 Å². The zero-order chi connectivity index (χ0) is 14.5. The van der Waals surface area contributed by atoms with Crippen molar-refractivity contribution < 1.29 is 19.4 Å². The number of rotatable bonds is 5. The van der Waals surface area contributed by atoms with Gasteiger partial charge in [-0.05, 0) is 18.1 Å². The Bertz CT molecular complexity index is 504. The Balaban J connectivity index is 1.91. The fourth-order valence-electron chi connectivity index (χ4n) is 2.28. The molecule has 1 unspecified atom stereocenters. The number of para-hydroxylation sites is 1. The van der Waals surface area contributed by atoms with Gasteiger partial charge in [0.05, 0.1) is 12.5 Å². The van der Waals surface area contributed by atoms with E-state index in [-0.39, 0.29) is 19.0 Å². The number of fused-ring (bicyclic) bond motifs is 1. The topological polar surface area (TPSA) is 78.9 Å². The van der Waals surface area contributed by atoms with Crippen molar-refractivity contribution in [1.29, 1.82) is 0 Å². The number of amides is 2. The van der Waals surface area contributed by atoms with Gasteiger partial charge in [0.15, 0.2) is 0 Å². The molecule has 2 amide bonds. The van der Waals surface area contributed by atoms with Crippen molar-refractivity contribution in [3.63, 3.8) is 0 Å². The van der Waals surface area contributed by atoms with E-state index < -0.39 is 12.1 Å². The van der Waals surface area contributed by atoms with Gasteiger partial charge in [0, 0.05) is 25.9 Å². The normalized spacial score (nSPS) is 14.8. The number of hydrogen-bond donors (Lipinski definition) is 2. The minimum absolute atomic E-state index is 0.132. The SMILES string of the molecule is COC(CNC(=O)N1CCc2ccccc21)CC(=O)O. The summed E-state index contributed by atoms with van der Waals surface area (Å²) in [5, 5.41) is 11.4. The summed E-state index contributed by atoms with van der Waals surface area (Å²) in [7, 11) is 1.44. The lowest BCUT2D eigenvalue weighted by atomic mass is 10.2. The first-order chi connectivity index (χ1) is 9.61. The predicted octanol–water partition coefficient (Wildman–Crippen LogP) is 1.25. The molecule has 0 saturated carbocycles. The molecule has 0 radical (unpaired) electrons. The highest BCUT2D eigenvalue weighted by molar-refractivity contribution is 5.94. The Morgan fingerprint density at radius 1 is 1.45 bits per heavy atom. The van der Waals surface area contributed by atoms with Gasteiger partial charge in [-0.1, -0.05) is 18.2 Å². The molecular weight excluding hydrogens is 260 g/mol. The maximum absolute atomic E-state index is 12.1. The standard InChI is InChI=1S/C14H18N2O4/c1-20-11(8-13(17)18)9-15-14(19)16-7-6-10-4-2-3-5-12(10)16/h2-5,11H,6-9H2,1H3,(H,15,19)(H,17,18). The van der Waals surface area contributed by atoms with Gasteiger partial charge in [-0.25, -0.2) is 4.79 Å². The minimum atomic E-state index is -0.947. The first-order valence-electron chi connectivity index (χ1n) is 6.49. The molecule has 0 bridgehead atoms. The number of nitrogens with zero attached hydrogens (tertiary/aromatic N) is 1. The summed E-state index contributed by atoms with van der Waals surface area (Å²) in [6.45, 7) is 0.821. The van der Waals surface area contributed by atoms with Crippen LogP contribution in [-0.2, 0) is 16.0 Å². The van der Waals surface area contributed by atoms with Crippen LogP contribution in [0.25, 0.3) is 0 Å². The largest absolute Gasteiger partial charge is 0.481 e. The van der Waals surface area contributed by atoms with Crippen molar-refractivity contribution in [2.24, 2.45) is 0 Å². The number of urea groups is 1. The highest BCUT2D eigenvalue weighted by Crippen LogP contribution is 2.27. The number of carboxylic acid groups (broad SMARTS) is 1. The number of carbonyl (C=O) groups is 2. The summed E-state index contributed by atoms with van der Waals surface area (Å²) in [6.07, 6.45) is 0.189. The van der Waals surface area contributed by atoms with Gasteiger partial charge in [0.25, 0.3) is 0 Å².